The van der Waals surface area contributed by atoms with Gasteiger partial charge in [-0.3, -0.25) is 4.79 Å². The van der Waals surface area contributed by atoms with Gasteiger partial charge in [-0.15, -0.1) is 24.8 Å². The summed E-state index contributed by atoms with van der Waals surface area (Å²) in [6, 6.07) is 7.98. The number of hydrogen-bond acceptors (Lipinski definition) is 3. The number of carbonyl (C=O) groups excluding carboxylic acids is 1. The third kappa shape index (κ3) is 8.56. The lowest BCUT2D eigenvalue weighted by Crippen LogP contribution is -2.34. The van der Waals surface area contributed by atoms with Crippen molar-refractivity contribution in [2.45, 2.75) is 32.9 Å². The van der Waals surface area contributed by atoms with E-state index in [0.29, 0.717) is 12.5 Å². The topological polar surface area (TPSA) is 49.6 Å². The summed E-state index contributed by atoms with van der Waals surface area (Å²) in [6.07, 6.45) is 0.831. The van der Waals surface area contributed by atoms with Crippen LogP contribution < -0.4 is 5.73 Å². The summed E-state index contributed by atoms with van der Waals surface area (Å²) in [4.78, 5) is 16.3. The van der Waals surface area contributed by atoms with Crippen molar-refractivity contribution in [2.75, 3.05) is 27.7 Å². The Morgan fingerprint density at radius 2 is 1.78 bits per heavy atom. The summed E-state index contributed by atoms with van der Waals surface area (Å²) in [6.45, 7) is 5.74. The average molecular weight is 364 g/mol. The van der Waals surface area contributed by atoms with Crippen LogP contribution in [0.3, 0.4) is 0 Å². The van der Waals surface area contributed by atoms with Crippen LogP contribution in [0.25, 0.3) is 0 Å². The molecule has 1 rings (SSSR count). The second-order valence-electron chi connectivity index (χ2n) is 6.36. The molecule has 1 aromatic carbocycles. The van der Waals surface area contributed by atoms with Crippen LogP contribution in [0.4, 0.5) is 0 Å². The van der Waals surface area contributed by atoms with E-state index < -0.39 is 0 Å². The first-order valence-corrected chi connectivity index (χ1v) is 7.56. The minimum absolute atomic E-state index is 0. The van der Waals surface area contributed by atoms with Crippen LogP contribution in [0.5, 0.6) is 0 Å². The van der Waals surface area contributed by atoms with Gasteiger partial charge in [0.05, 0.1) is 0 Å². The Morgan fingerprint density at radius 1 is 1.17 bits per heavy atom. The van der Waals surface area contributed by atoms with E-state index in [2.05, 4.69) is 18.7 Å². The number of benzene rings is 1. The van der Waals surface area contributed by atoms with Gasteiger partial charge in [0.2, 0.25) is 0 Å². The highest BCUT2D eigenvalue weighted by molar-refractivity contribution is 5.94. The number of hydrogen-bond donors (Lipinski definition) is 1. The maximum Gasteiger partial charge on any atom is 0.253 e. The lowest BCUT2D eigenvalue weighted by atomic mass is 10.0. The second kappa shape index (κ2) is 11.7. The number of carbonyl (C=O) groups is 1. The maximum absolute atomic E-state index is 12.4. The fourth-order valence-corrected chi connectivity index (χ4v) is 2.17. The molecule has 0 aromatic heterocycles. The molecule has 1 unspecified atom stereocenters. The normalized spacial score (nSPS) is 11.7. The molecule has 4 nitrogen and oxygen atoms in total. The molecule has 0 bridgehead atoms. The van der Waals surface area contributed by atoms with Gasteiger partial charge in [-0.2, -0.15) is 0 Å². The summed E-state index contributed by atoms with van der Waals surface area (Å²) in [5, 5.41) is 0. The molecule has 1 atom stereocenters. The summed E-state index contributed by atoms with van der Waals surface area (Å²) in [7, 11) is 5.88. The molecule has 23 heavy (non-hydrogen) atoms. The smallest absolute Gasteiger partial charge is 0.253 e. The number of nitrogens with zero attached hydrogens (tertiary/aromatic N) is 2. The van der Waals surface area contributed by atoms with Crippen molar-refractivity contribution in [1.29, 1.82) is 0 Å². The van der Waals surface area contributed by atoms with Crippen molar-refractivity contribution in [3.63, 3.8) is 0 Å². The Morgan fingerprint density at radius 3 is 2.30 bits per heavy atom. The number of halogens is 2. The summed E-state index contributed by atoms with van der Waals surface area (Å²) in [5.41, 5.74) is 7.94. The van der Waals surface area contributed by atoms with Crippen molar-refractivity contribution in [3.05, 3.63) is 35.4 Å². The molecule has 0 radical (unpaired) electrons. The molecule has 2 N–H and O–H groups in total. The molecule has 0 aliphatic carbocycles. The Bertz CT molecular complexity index is 467. The predicted octanol–water partition coefficient (Wildman–Crippen LogP) is 3.04. The standard InChI is InChI=1S/C17H29N3O.2ClH/c1-13(2)16(18)9-10-20(5)17(21)15-8-6-7-14(11-15)12-19(3)4;;/h6-8,11,13,16H,9-10,12,18H2,1-5H3;2*1H. The van der Waals surface area contributed by atoms with Gasteiger partial charge in [0.15, 0.2) is 0 Å². The van der Waals surface area contributed by atoms with Crippen LogP contribution in [0, 0.1) is 5.92 Å². The average Bonchev–Trinajstić information content (AvgIpc) is 2.42. The van der Waals surface area contributed by atoms with Crippen molar-refractivity contribution < 1.29 is 4.79 Å². The first kappa shape index (κ1) is 24.4. The first-order chi connectivity index (χ1) is 9.81. The molecule has 134 valence electrons. The Labute approximate surface area is 153 Å². The zero-order valence-electron chi connectivity index (χ0n) is 14.8. The predicted molar refractivity (Wildman–Crippen MR) is 103 cm³/mol. The quantitative estimate of drug-likeness (QED) is 0.809. The van der Waals surface area contributed by atoms with Crippen LogP contribution in [0.15, 0.2) is 24.3 Å². The fourth-order valence-electron chi connectivity index (χ4n) is 2.17. The van der Waals surface area contributed by atoms with E-state index in [-0.39, 0.29) is 36.8 Å². The highest BCUT2D eigenvalue weighted by Crippen LogP contribution is 2.11. The van der Waals surface area contributed by atoms with E-state index >= 15 is 0 Å². The van der Waals surface area contributed by atoms with Crippen LogP contribution in [0.1, 0.15) is 36.2 Å². The summed E-state index contributed by atoms with van der Waals surface area (Å²) in [5.74, 6) is 0.503. The molecule has 6 heteroatoms. The number of rotatable bonds is 7. The first-order valence-electron chi connectivity index (χ1n) is 7.56. The van der Waals surface area contributed by atoms with Crippen LogP contribution >= 0.6 is 24.8 Å². The van der Waals surface area contributed by atoms with E-state index in [1.54, 1.807) is 4.90 Å². The van der Waals surface area contributed by atoms with E-state index in [1.165, 1.54) is 0 Å². The zero-order chi connectivity index (χ0) is 16.0. The van der Waals surface area contributed by atoms with Crippen molar-refractivity contribution >= 4 is 30.7 Å². The minimum atomic E-state index is 0. The molecule has 0 aliphatic heterocycles. The zero-order valence-corrected chi connectivity index (χ0v) is 16.4. The van der Waals surface area contributed by atoms with E-state index in [9.17, 15) is 4.79 Å². The molecule has 0 saturated carbocycles. The van der Waals surface area contributed by atoms with Crippen LogP contribution in [0.2, 0.25) is 0 Å². The Kier molecular flexibility index (Phi) is 12.4. The van der Waals surface area contributed by atoms with E-state index in [4.69, 9.17) is 5.73 Å². The number of amides is 1. The lowest BCUT2D eigenvalue weighted by molar-refractivity contribution is 0.0789. The molecule has 1 aromatic rings. The van der Waals surface area contributed by atoms with E-state index in [0.717, 1.165) is 24.1 Å². The molecule has 1 amide bonds. The lowest BCUT2D eigenvalue weighted by Gasteiger charge is -2.22. The molecular weight excluding hydrogens is 333 g/mol. The van der Waals surface area contributed by atoms with Gasteiger partial charge in [-0.05, 0) is 44.1 Å². The van der Waals surface area contributed by atoms with E-state index in [1.807, 2.05) is 45.4 Å². The van der Waals surface area contributed by atoms with Gasteiger partial charge < -0.3 is 15.5 Å². The molecule has 0 saturated heterocycles. The molecular formula is C17H31Cl2N3O. The summed E-state index contributed by atoms with van der Waals surface area (Å²) >= 11 is 0. The van der Waals surface area contributed by atoms with Gasteiger partial charge in [-0.25, -0.2) is 0 Å². The maximum atomic E-state index is 12.4. The third-order valence-electron chi connectivity index (χ3n) is 3.67. The minimum Gasteiger partial charge on any atom is -0.342 e. The summed E-state index contributed by atoms with van der Waals surface area (Å²) < 4.78 is 0. The highest BCUT2D eigenvalue weighted by Gasteiger charge is 2.14. The van der Waals surface area contributed by atoms with Gasteiger partial charge in [0.1, 0.15) is 0 Å². The molecule has 0 heterocycles. The van der Waals surface area contributed by atoms with Gasteiger partial charge in [0, 0.05) is 31.7 Å². The molecule has 0 fully saturated rings. The van der Waals surface area contributed by atoms with Gasteiger partial charge in [0.25, 0.3) is 5.91 Å². The highest BCUT2D eigenvalue weighted by atomic mass is 35.5. The molecule has 0 spiro atoms. The fraction of sp³-hybridized carbons (Fsp3) is 0.588. The number of nitrogens with two attached hydrogens (primary N) is 1. The largest absolute Gasteiger partial charge is 0.342 e. The van der Waals surface area contributed by atoms with Crippen molar-refractivity contribution in [2.24, 2.45) is 11.7 Å². The Hall–Kier alpha value is -0.810. The Balaban J connectivity index is 0. The second-order valence-corrected chi connectivity index (χ2v) is 6.36. The van der Waals surface area contributed by atoms with Crippen LogP contribution in [-0.4, -0.2) is 49.4 Å². The monoisotopic (exact) mass is 363 g/mol. The molecule has 0 aliphatic rings. The van der Waals surface area contributed by atoms with Crippen molar-refractivity contribution in [1.82, 2.24) is 9.80 Å². The van der Waals surface area contributed by atoms with Crippen molar-refractivity contribution in [3.8, 4) is 0 Å². The van der Waals surface area contributed by atoms with Gasteiger partial charge >= 0.3 is 0 Å². The SMILES string of the molecule is CC(C)C(N)CCN(C)C(=O)c1cccc(CN(C)C)c1.Cl.Cl. The van der Waals surface area contributed by atoms with Gasteiger partial charge in [-0.1, -0.05) is 26.0 Å². The van der Waals surface area contributed by atoms with Crippen LogP contribution in [-0.2, 0) is 6.54 Å². The third-order valence-corrected chi connectivity index (χ3v) is 3.67.